The van der Waals surface area contributed by atoms with Gasteiger partial charge in [-0.05, 0) is 18.9 Å². The number of nitro groups is 1. The van der Waals surface area contributed by atoms with Crippen LogP contribution in [0.15, 0.2) is 18.2 Å². The van der Waals surface area contributed by atoms with Crippen LogP contribution in [-0.4, -0.2) is 17.0 Å². The van der Waals surface area contributed by atoms with Gasteiger partial charge in [0.05, 0.1) is 10.5 Å². The van der Waals surface area contributed by atoms with Gasteiger partial charge in [0, 0.05) is 29.9 Å². The Labute approximate surface area is 106 Å². The van der Waals surface area contributed by atoms with Crippen LogP contribution in [0.3, 0.4) is 0 Å². The van der Waals surface area contributed by atoms with Crippen LogP contribution in [0.25, 0.3) is 0 Å². The molecule has 1 aliphatic rings. The molecule has 1 fully saturated rings. The van der Waals surface area contributed by atoms with Crippen LogP contribution in [0.1, 0.15) is 18.4 Å². The number of hydrogen-bond acceptors (Lipinski definition) is 4. The third kappa shape index (κ3) is 2.95. The van der Waals surface area contributed by atoms with Gasteiger partial charge in [0.2, 0.25) is 0 Å². The van der Waals surface area contributed by atoms with E-state index in [0.29, 0.717) is 18.9 Å². The Balaban J connectivity index is 2.29. The van der Waals surface area contributed by atoms with E-state index in [4.69, 9.17) is 5.73 Å². The number of hydrogen-bond donors (Lipinski definition) is 2. The Morgan fingerprint density at radius 3 is 2.47 bits per heavy atom. The zero-order valence-corrected chi connectivity index (χ0v) is 9.78. The highest BCUT2D eigenvalue weighted by Crippen LogP contribution is 2.38. The molecular weight excluding hydrogens is 263 g/mol. The van der Waals surface area contributed by atoms with Crippen LogP contribution < -0.4 is 11.1 Å². The summed E-state index contributed by atoms with van der Waals surface area (Å²) in [6, 6.07) is 2.57. The van der Waals surface area contributed by atoms with Crippen molar-refractivity contribution < 1.29 is 18.1 Å². The third-order valence-corrected chi connectivity index (χ3v) is 3.05. The van der Waals surface area contributed by atoms with Crippen molar-refractivity contribution in [1.29, 1.82) is 0 Å². The molecular formula is C11H12F3N3O2. The summed E-state index contributed by atoms with van der Waals surface area (Å²) in [6.07, 6.45) is -3.46. The molecule has 0 saturated heterocycles. The second-order valence-electron chi connectivity index (χ2n) is 4.56. The first kappa shape index (κ1) is 13.6. The van der Waals surface area contributed by atoms with Gasteiger partial charge in [0.25, 0.3) is 5.69 Å². The summed E-state index contributed by atoms with van der Waals surface area (Å²) in [6.45, 7) is 0. The number of nitro benzene ring substituents is 1. The van der Waals surface area contributed by atoms with Gasteiger partial charge in [0.1, 0.15) is 0 Å². The molecule has 0 atom stereocenters. The predicted octanol–water partition coefficient (Wildman–Crippen LogP) is 2.52. The minimum Gasteiger partial charge on any atom is -0.382 e. The summed E-state index contributed by atoms with van der Waals surface area (Å²) in [7, 11) is 0. The van der Waals surface area contributed by atoms with Crippen molar-refractivity contribution in [3.05, 3.63) is 33.9 Å². The van der Waals surface area contributed by atoms with Crippen LogP contribution in [-0.2, 0) is 6.18 Å². The Kier molecular flexibility index (Phi) is 3.36. The lowest BCUT2D eigenvalue weighted by Crippen LogP contribution is -2.44. The van der Waals surface area contributed by atoms with Gasteiger partial charge >= 0.3 is 6.18 Å². The number of nitrogens with zero attached hydrogens (tertiary/aromatic N) is 1. The molecule has 1 aromatic rings. The van der Waals surface area contributed by atoms with Crippen molar-refractivity contribution in [3.63, 3.8) is 0 Å². The van der Waals surface area contributed by atoms with E-state index >= 15 is 0 Å². The largest absolute Gasteiger partial charge is 0.418 e. The maximum Gasteiger partial charge on any atom is 0.418 e. The van der Waals surface area contributed by atoms with E-state index in [0.717, 1.165) is 12.1 Å². The van der Waals surface area contributed by atoms with Crippen LogP contribution in [0.2, 0.25) is 0 Å². The van der Waals surface area contributed by atoms with E-state index in [1.165, 1.54) is 0 Å². The average Bonchev–Trinajstić information content (AvgIpc) is 2.25. The molecule has 0 heterocycles. The standard InChI is InChI=1S/C11H12F3N3O2/c12-11(13,14)9-5-8(17(18)19)1-2-10(9)16-7-3-6(15)4-7/h1-2,5-7,16H,3-4,15H2. The number of rotatable bonds is 3. The van der Waals surface area contributed by atoms with Gasteiger partial charge in [-0.2, -0.15) is 13.2 Å². The minimum atomic E-state index is -4.64. The number of nitrogens with two attached hydrogens (primary N) is 1. The summed E-state index contributed by atoms with van der Waals surface area (Å²) in [5.74, 6) is 0. The molecule has 0 aromatic heterocycles. The number of anilines is 1. The summed E-state index contributed by atoms with van der Waals surface area (Å²) in [5.41, 5.74) is 3.81. The van der Waals surface area contributed by atoms with Gasteiger partial charge in [0.15, 0.2) is 0 Å². The van der Waals surface area contributed by atoms with Crippen molar-refractivity contribution >= 4 is 11.4 Å². The molecule has 0 spiro atoms. The highest BCUT2D eigenvalue weighted by molar-refractivity contribution is 5.58. The number of benzene rings is 1. The molecule has 1 aliphatic carbocycles. The van der Waals surface area contributed by atoms with E-state index in [1.54, 1.807) is 0 Å². The van der Waals surface area contributed by atoms with E-state index in [9.17, 15) is 23.3 Å². The topological polar surface area (TPSA) is 81.2 Å². The average molecular weight is 275 g/mol. The van der Waals surface area contributed by atoms with Crippen LogP contribution in [0.4, 0.5) is 24.5 Å². The molecule has 0 unspecified atom stereocenters. The van der Waals surface area contributed by atoms with Crippen LogP contribution in [0.5, 0.6) is 0 Å². The summed E-state index contributed by atoms with van der Waals surface area (Å²) < 4.78 is 38.6. The first-order chi connectivity index (χ1) is 8.77. The number of nitrogens with one attached hydrogen (secondary N) is 1. The van der Waals surface area contributed by atoms with Crippen LogP contribution in [0, 0.1) is 10.1 Å². The van der Waals surface area contributed by atoms with E-state index in [1.807, 2.05) is 0 Å². The van der Waals surface area contributed by atoms with E-state index in [2.05, 4.69) is 5.32 Å². The van der Waals surface area contributed by atoms with E-state index < -0.39 is 22.4 Å². The predicted molar refractivity (Wildman–Crippen MR) is 62.7 cm³/mol. The maximum atomic E-state index is 12.9. The molecule has 0 bridgehead atoms. The quantitative estimate of drug-likeness (QED) is 0.656. The zero-order valence-electron chi connectivity index (χ0n) is 9.78. The van der Waals surface area contributed by atoms with Crippen LogP contribution >= 0.6 is 0 Å². The van der Waals surface area contributed by atoms with Gasteiger partial charge in [-0.3, -0.25) is 10.1 Å². The summed E-state index contributed by atoms with van der Waals surface area (Å²) >= 11 is 0. The molecule has 104 valence electrons. The highest BCUT2D eigenvalue weighted by Gasteiger charge is 2.36. The fraction of sp³-hybridized carbons (Fsp3) is 0.455. The van der Waals surface area contributed by atoms with Gasteiger partial charge in [-0.25, -0.2) is 0 Å². The normalized spacial score (nSPS) is 22.7. The van der Waals surface area contributed by atoms with Gasteiger partial charge in [-0.1, -0.05) is 0 Å². The summed E-state index contributed by atoms with van der Waals surface area (Å²) in [4.78, 5) is 9.68. The Morgan fingerprint density at radius 1 is 1.37 bits per heavy atom. The Hall–Kier alpha value is -1.83. The van der Waals surface area contributed by atoms with Gasteiger partial charge < -0.3 is 11.1 Å². The zero-order chi connectivity index (χ0) is 14.2. The molecule has 0 radical (unpaired) electrons. The number of non-ortho nitro benzene ring substituents is 1. The maximum absolute atomic E-state index is 12.9. The molecule has 1 saturated carbocycles. The summed E-state index contributed by atoms with van der Waals surface area (Å²) in [5, 5.41) is 13.3. The molecule has 8 heteroatoms. The fourth-order valence-electron chi connectivity index (χ4n) is 2.01. The highest BCUT2D eigenvalue weighted by atomic mass is 19.4. The fourth-order valence-corrected chi connectivity index (χ4v) is 2.01. The molecule has 3 N–H and O–H groups in total. The Morgan fingerprint density at radius 2 is 2.00 bits per heavy atom. The van der Waals surface area contributed by atoms with Crippen molar-refractivity contribution in [2.24, 2.45) is 5.73 Å². The lowest BCUT2D eigenvalue weighted by molar-refractivity contribution is -0.385. The smallest absolute Gasteiger partial charge is 0.382 e. The molecule has 0 amide bonds. The van der Waals surface area contributed by atoms with Crippen molar-refractivity contribution in [2.75, 3.05) is 5.32 Å². The van der Waals surface area contributed by atoms with Crippen molar-refractivity contribution in [1.82, 2.24) is 0 Å². The molecule has 5 nitrogen and oxygen atoms in total. The van der Waals surface area contributed by atoms with Crippen molar-refractivity contribution in [2.45, 2.75) is 31.1 Å². The molecule has 19 heavy (non-hydrogen) atoms. The third-order valence-electron chi connectivity index (χ3n) is 3.05. The monoisotopic (exact) mass is 275 g/mol. The molecule has 2 rings (SSSR count). The van der Waals surface area contributed by atoms with Crippen molar-refractivity contribution in [3.8, 4) is 0 Å². The lowest BCUT2D eigenvalue weighted by atomic mass is 9.87. The van der Waals surface area contributed by atoms with E-state index in [-0.39, 0.29) is 17.8 Å². The first-order valence-corrected chi connectivity index (χ1v) is 5.65. The SMILES string of the molecule is NC1CC(Nc2ccc([N+](=O)[O-])cc2C(F)(F)F)C1. The second kappa shape index (κ2) is 4.69. The second-order valence-corrected chi connectivity index (χ2v) is 4.56. The lowest BCUT2D eigenvalue weighted by Gasteiger charge is -2.34. The molecule has 1 aromatic carbocycles. The number of alkyl halides is 3. The number of halogens is 3. The minimum absolute atomic E-state index is 0.00452. The first-order valence-electron chi connectivity index (χ1n) is 5.65. The van der Waals surface area contributed by atoms with Gasteiger partial charge in [-0.15, -0.1) is 0 Å². The molecule has 0 aliphatic heterocycles. The Bertz CT molecular complexity index is 498.